The van der Waals surface area contributed by atoms with Crippen molar-refractivity contribution in [2.24, 2.45) is 0 Å². The van der Waals surface area contributed by atoms with Crippen LogP contribution in [0.15, 0.2) is 18.3 Å². The first-order valence-electron chi connectivity index (χ1n) is 6.06. The Bertz CT molecular complexity index is 460. The van der Waals surface area contributed by atoms with Crippen molar-refractivity contribution in [3.63, 3.8) is 0 Å². The molecule has 1 aromatic rings. The first-order chi connectivity index (χ1) is 8.95. The second-order valence-electron chi connectivity index (χ2n) is 4.25. The van der Waals surface area contributed by atoms with Crippen molar-refractivity contribution >= 4 is 17.6 Å². The van der Waals surface area contributed by atoms with Gasteiger partial charge in [0.2, 0.25) is 0 Å². The number of ether oxygens (including phenoxy) is 1. The third-order valence-electron chi connectivity index (χ3n) is 2.41. The van der Waals surface area contributed by atoms with Gasteiger partial charge >= 0.3 is 5.97 Å². The molecule has 19 heavy (non-hydrogen) atoms. The maximum Gasteiger partial charge on any atom is 0.328 e. The number of esters is 1. The summed E-state index contributed by atoms with van der Waals surface area (Å²) in [5.41, 5.74) is 0.979. The fourth-order valence-electron chi connectivity index (χ4n) is 1.44. The first kappa shape index (κ1) is 14.9. The van der Waals surface area contributed by atoms with Gasteiger partial charge < -0.3 is 15.0 Å². The van der Waals surface area contributed by atoms with E-state index >= 15 is 0 Å². The molecule has 1 N–H and O–H groups in total. The third-order valence-corrected chi connectivity index (χ3v) is 2.41. The normalized spacial score (nSPS) is 11.6. The molecule has 1 rings (SSSR count). The van der Waals surface area contributed by atoms with Crippen LogP contribution in [0.1, 0.15) is 24.3 Å². The van der Waals surface area contributed by atoms with Crippen molar-refractivity contribution in [3.05, 3.63) is 24.0 Å². The van der Waals surface area contributed by atoms with Gasteiger partial charge in [0, 0.05) is 26.0 Å². The van der Waals surface area contributed by atoms with Gasteiger partial charge in [0.25, 0.3) is 5.91 Å². The standard InChI is InChI=1S/C13H19N3O3/c1-5-19-13(18)9(2)15-10-6-7-14-11(8-10)12(17)16(3)4/h6-9H,5H2,1-4H3,(H,14,15). The van der Waals surface area contributed by atoms with Gasteiger partial charge in [-0.2, -0.15) is 0 Å². The Morgan fingerprint density at radius 2 is 2.16 bits per heavy atom. The van der Waals surface area contributed by atoms with Gasteiger partial charge in [0.1, 0.15) is 11.7 Å². The SMILES string of the molecule is CCOC(=O)C(C)Nc1ccnc(C(=O)N(C)C)c1. The Balaban J connectivity index is 2.77. The predicted molar refractivity (Wildman–Crippen MR) is 72.0 cm³/mol. The predicted octanol–water partition coefficient (Wildman–Crippen LogP) is 1.15. The van der Waals surface area contributed by atoms with E-state index in [1.54, 1.807) is 40.1 Å². The average molecular weight is 265 g/mol. The number of anilines is 1. The largest absolute Gasteiger partial charge is 0.464 e. The van der Waals surface area contributed by atoms with Crippen molar-refractivity contribution in [2.75, 3.05) is 26.0 Å². The molecule has 1 amide bonds. The minimum absolute atomic E-state index is 0.188. The molecule has 1 heterocycles. The maximum atomic E-state index is 11.8. The molecule has 0 fully saturated rings. The summed E-state index contributed by atoms with van der Waals surface area (Å²) < 4.78 is 4.90. The van der Waals surface area contributed by atoms with Crippen molar-refractivity contribution in [1.29, 1.82) is 0 Å². The molecule has 1 atom stereocenters. The summed E-state index contributed by atoms with van der Waals surface area (Å²) in [4.78, 5) is 28.7. The van der Waals surface area contributed by atoms with E-state index < -0.39 is 6.04 Å². The van der Waals surface area contributed by atoms with E-state index in [2.05, 4.69) is 10.3 Å². The van der Waals surface area contributed by atoms with E-state index in [4.69, 9.17) is 4.74 Å². The summed E-state index contributed by atoms with van der Waals surface area (Å²) in [6, 6.07) is 2.82. The second-order valence-corrected chi connectivity index (χ2v) is 4.25. The fourth-order valence-corrected chi connectivity index (χ4v) is 1.44. The molecular weight excluding hydrogens is 246 g/mol. The minimum Gasteiger partial charge on any atom is -0.464 e. The lowest BCUT2D eigenvalue weighted by atomic mass is 10.2. The van der Waals surface area contributed by atoms with E-state index in [-0.39, 0.29) is 11.9 Å². The molecular formula is C13H19N3O3. The van der Waals surface area contributed by atoms with Gasteiger partial charge in [-0.25, -0.2) is 4.79 Å². The van der Waals surface area contributed by atoms with Crippen molar-refractivity contribution < 1.29 is 14.3 Å². The summed E-state index contributed by atoms with van der Waals surface area (Å²) in [5, 5.41) is 2.98. The van der Waals surface area contributed by atoms with Crippen LogP contribution in [0.25, 0.3) is 0 Å². The molecule has 0 aliphatic heterocycles. The van der Waals surface area contributed by atoms with Crippen LogP contribution in [0, 0.1) is 0 Å². The number of aromatic nitrogens is 1. The molecule has 0 aliphatic rings. The molecule has 1 aromatic heterocycles. The molecule has 0 aromatic carbocycles. The quantitative estimate of drug-likeness (QED) is 0.808. The maximum absolute atomic E-state index is 11.8. The van der Waals surface area contributed by atoms with Crippen molar-refractivity contribution in [1.82, 2.24) is 9.88 Å². The van der Waals surface area contributed by atoms with E-state index in [1.165, 1.54) is 11.1 Å². The van der Waals surface area contributed by atoms with Crippen molar-refractivity contribution in [2.45, 2.75) is 19.9 Å². The number of carbonyl (C=O) groups excluding carboxylic acids is 2. The molecule has 0 saturated carbocycles. The summed E-state index contributed by atoms with van der Waals surface area (Å²) in [6.07, 6.45) is 1.52. The molecule has 1 unspecified atom stereocenters. The van der Waals surface area contributed by atoms with E-state index in [9.17, 15) is 9.59 Å². The highest BCUT2D eigenvalue weighted by Crippen LogP contribution is 2.11. The summed E-state index contributed by atoms with van der Waals surface area (Å²) >= 11 is 0. The van der Waals surface area contributed by atoms with Gasteiger partial charge in [-0.1, -0.05) is 0 Å². The van der Waals surface area contributed by atoms with Crippen LogP contribution >= 0.6 is 0 Å². The Morgan fingerprint density at radius 3 is 2.74 bits per heavy atom. The highest BCUT2D eigenvalue weighted by molar-refractivity contribution is 5.93. The number of amides is 1. The van der Waals surface area contributed by atoms with Gasteiger partial charge in [0.15, 0.2) is 0 Å². The van der Waals surface area contributed by atoms with Crippen LogP contribution in [0.5, 0.6) is 0 Å². The molecule has 0 aliphatic carbocycles. The molecule has 6 nitrogen and oxygen atoms in total. The van der Waals surface area contributed by atoms with Gasteiger partial charge in [0.05, 0.1) is 6.61 Å². The van der Waals surface area contributed by atoms with Gasteiger partial charge in [-0.05, 0) is 26.0 Å². The highest BCUT2D eigenvalue weighted by atomic mass is 16.5. The Labute approximate surface area is 112 Å². The number of hydrogen-bond donors (Lipinski definition) is 1. The molecule has 0 bridgehead atoms. The number of pyridine rings is 1. The van der Waals surface area contributed by atoms with Gasteiger partial charge in [-0.3, -0.25) is 9.78 Å². The summed E-state index contributed by atoms with van der Waals surface area (Å²) in [7, 11) is 3.32. The van der Waals surface area contributed by atoms with E-state index in [1.807, 2.05) is 0 Å². The van der Waals surface area contributed by atoms with Crippen LogP contribution in [0.4, 0.5) is 5.69 Å². The Morgan fingerprint density at radius 1 is 1.47 bits per heavy atom. The summed E-state index contributed by atoms with van der Waals surface area (Å²) in [5.74, 6) is -0.521. The molecule has 0 saturated heterocycles. The second kappa shape index (κ2) is 6.72. The Hall–Kier alpha value is -2.11. The van der Waals surface area contributed by atoms with Crippen LogP contribution in [0.2, 0.25) is 0 Å². The number of rotatable bonds is 5. The van der Waals surface area contributed by atoms with Crippen LogP contribution < -0.4 is 5.32 Å². The highest BCUT2D eigenvalue weighted by Gasteiger charge is 2.15. The third kappa shape index (κ3) is 4.24. The smallest absolute Gasteiger partial charge is 0.328 e. The fraction of sp³-hybridized carbons (Fsp3) is 0.462. The van der Waals surface area contributed by atoms with E-state index in [0.29, 0.717) is 18.0 Å². The average Bonchev–Trinajstić information content (AvgIpc) is 2.38. The molecule has 6 heteroatoms. The lowest BCUT2D eigenvalue weighted by molar-refractivity contribution is -0.143. The zero-order valence-corrected chi connectivity index (χ0v) is 11.6. The zero-order valence-electron chi connectivity index (χ0n) is 11.6. The Kier molecular flexibility index (Phi) is 5.29. The topological polar surface area (TPSA) is 71.5 Å². The lowest BCUT2D eigenvalue weighted by Gasteiger charge is -2.15. The zero-order chi connectivity index (χ0) is 14.4. The van der Waals surface area contributed by atoms with Crippen LogP contribution in [-0.4, -0.2) is 48.5 Å². The van der Waals surface area contributed by atoms with Crippen LogP contribution in [0.3, 0.4) is 0 Å². The summed E-state index contributed by atoms with van der Waals surface area (Å²) in [6.45, 7) is 3.79. The number of hydrogen-bond acceptors (Lipinski definition) is 5. The first-order valence-corrected chi connectivity index (χ1v) is 6.06. The minimum atomic E-state index is -0.482. The number of nitrogens with one attached hydrogen (secondary N) is 1. The van der Waals surface area contributed by atoms with Crippen molar-refractivity contribution in [3.8, 4) is 0 Å². The van der Waals surface area contributed by atoms with Crippen LogP contribution in [-0.2, 0) is 9.53 Å². The molecule has 0 spiro atoms. The lowest BCUT2D eigenvalue weighted by Crippen LogP contribution is -2.28. The molecule has 104 valence electrons. The monoisotopic (exact) mass is 265 g/mol. The van der Waals surface area contributed by atoms with E-state index in [0.717, 1.165) is 0 Å². The molecule has 0 radical (unpaired) electrons. The number of carbonyl (C=O) groups is 2. The number of nitrogens with zero attached hydrogens (tertiary/aromatic N) is 2. The van der Waals surface area contributed by atoms with Gasteiger partial charge in [-0.15, -0.1) is 0 Å².